The summed E-state index contributed by atoms with van der Waals surface area (Å²) in [6, 6.07) is 2.41. The third kappa shape index (κ3) is 4.83. The predicted molar refractivity (Wildman–Crippen MR) is 70.9 cm³/mol. The zero-order valence-corrected chi connectivity index (χ0v) is 11.5. The minimum absolute atomic E-state index is 0.148. The summed E-state index contributed by atoms with van der Waals surface area (Å²) in [5.74, 6) is 0. The molecule has 0 aliphatic heterocycles. The lowest BCUT2D eigenvalue weighted by molar-refractivity contribution is 0.00502. The van der Waals surface area contributed by atoms with Gasteiger partial charge in [0, 0.05) is 19.2 Å². The molecule has 0 bridgehead atoms. The van der Waals surface area contributed by atoms with Crippen LogP contribution in [-0.4, -0.2) is 40.6 Å². The zero-order chi connectivity index (χ0) is 14.4. The molecule has 0 amide bonds. The highest BCUT2D eigenvalue weighted by molar-refractivity contribution is 5.01. The molecule has 6 heteroatoms. The molecule has 0 saturated heterocycles. The van der Waals surface area contributed by atoms with Gasteiger partial charge in [-0.25, -0.2) is 8.78 Å². The van der Waals surface area contributed by atoms with Crippen LogP contribution >= 0.6 is 0 Å². The number of hydrogen-bond acceptors (Lipinski definition) is 3. The molecule has 1 heterocycles. The largest absolute Gasteiger partial charge is 0.393 e. The van der Waals surface area contributed by atoms with Gasteiger partial charge in [-0.1, -0.05) is 12.8 Å². The van der Waals surface area contributed by atoms with Crippen LogP contribution in [0.3, 0.4) is 0 Å². The normalized spacial score (nSPS) is 18.0. The molecule has 1 atom stereocenters. The average molecular weight is 288 g/mol. The van der Waals surface area contributed by atoms with Gasteiger partial charge in [0.15, 0.2) is 0 Å². The zero-order valence-electron chi connectivity index (χ0n) is 11.5. The van der Waals surface area contributed by atoms with E-state index in [1.165, 1.54) is 25.7 Å². The van der Waals surface area contributed by atoms with Crippen molar-refractivity contribution in [3.63, 3.8) is 0 Å². The lowest BCUT2D eigenvalue weighted by Gasteiger charge is -2.11. The Kier molecular flexibility index (Phi) is 5.91. The topological polar surface area (TPSA) is 47.3 Å². The molecule has 1 fully saturated rings. The van der Waals surface area contributed by atoms with Gasteiger partial charge in [-0.2, -0.15) is 5.10 Å². The fraction of sp³-hybridized carbons (Fsp3) is 0.786. The number of aromatic nitrogens is 2. The highest BCUT2D eigenvalue weighted by Crippen LogP contribution is 2.28. The van der Waals surface area contributed by atoms with Crippen LogP contribution in [-0.2, 0) is 11.2 Å². The maximum absolute atomic E-state index is 11.9. The van der Waals surface area contributed by atoms with Crippen molar-refractivity contribution in [1.82, 2.24) is 9.78 Å². The SMILES string of the molecule is OC(CCOCC(F)F)Cc1ccn(C2CCCC2)n1. The maximum atomic E-state index is 11.9. The second kappa shape index (κ2) is 7.69. The smallest absolute Gasteiger partial charge is 0.261 e. The summed E-state index contributed by atoms with van der Waals surface area (Å²) in [7, 11) is 0. The quantitative estimate of drug-likeness (QED) is 0.748. The Morgan fingerprint density at radius 1 is 1.40 bits per heavy atom. The average Bonchev–Trinajstić information content (AvgIpc) is 3.04. The predicted octanol–water partition coefficient (Wildman–Crippen LogP) is 2.57. The molecule has 1 unspecified atom stereocenters. The van der Waals surface area contributed by atoms with Gasteiger partial charge in [-0.05, 0) is 25.3 Å². The first-order valence-electron chi connectivity index (χ1n) is 7.23. The van der Waals surface area contributed by atoms with Crippen LogP contribution in [0.15, 0.2) is 12.3 Å². The molecule has 1 aromatic heterocycles. The molecule has 4 nitrogen and oxygen atoms in total. The van der Waals surface area contributed by atoms with Crippen molar-refractivity contribution in [2.45, 2.75) is 57.1 Å². The number of ether oxygens (including phenoxy) is 1. The van der Waals surface area contributed by atoms with Crippen molar-refractivity contribution in [2.75, 3.05) is 13.2 Å². The molecule has 2 rings (SSSR count). The molecule has 0 aromatic carbocycles. The van der Waals surface area contributed by atoms with Gasteiger partial charge in [-0.3, -0.25) is 4.68 Å². The van der Waals surface area contributed by atoms with E-state index in [0.29, 0.717) is 18.9 Å². The Morgan fingerprint density at radius 3 is 2.85 bits per heavy atom. The van der Waals surface area contributed by atoms with E-state index >= 15 is 0 Å². The number of hydrogen-bond donors (Lipinski definition) is 1. The number of halogens is 2. The summed E-state index contributed by atoms with van der Waals surface area (Å²) in [4.78, 5) is 0. The first-order chi connectivity index (χ1) is 9.65. The Hall–Kier alpha value is -1.01. The summed E-state index contributed by atoms with van der Waals surface area (Å²) >= 11 is 0. The second-order valence-electron chi connectivity index (χ2n) is 5.34. The van der Waals surface area contributed by atoms with E-state index in [0.717, 1.165) is 5.69 Å². The van der Waals surface area contributed by atoms with Crippen LogP contribution < -0.4 is 0 Å². The molecule has 1 saturated carbocycles. The second-order valence-corrected chi connectivity index (χ2v) is 5.34. The van der Waals surface area contributed by atoms with Crippen molar-refractivity contribution < 1.29 is 18.6 Å². The number of aliphatic hydroxyl groups excluding tert-OH is 1. The monoisotopic (exact) mass is 288 g/mol. The lowest BCUT2D eigenvalue weighted by atomic mass is 10.1. The van der Waals surface area contributed by atoms with Crippen LogP contribution in [0, 0.1) is 0 Å². The minimum atomic E-state index is -2.45. The van der Waals surface area contributed by atoms with Gasteiger partial charge >= 0.3 is 0 Å². The molecular weight excluding hydrogens is 266 g/mol. The molecule has 1 aromatic rings. The van der Waals surface area contributed by atoms with E-state index in [4.69, 9.17) is 4.74 Å². The van der Waals surface area contributed by atoms with E-state index in [1.54, 1.807) is 0 Å². The maximum Gasteiger partial charge on any atom is 0.261 e. The molecule has 1 aliphatic rings. The Balaban J connectivity index is 1.69. The van der Waals surface area contributed by atoms with E-state index in [9.17, 15) is 13.9 Å². The van der Waals surface area contributed by atoms with E-state index < -0.39 is 19.1 Å². The highest BCUT2D eigenvalue weighted by atomic mass is 19.3. The van der Waals surface area contributed by atoms with Crippen LogP contribution in [0.25, 0.3) is 0 Å². The molecule has 0 spiro atoms. The van der Waals surface area contributed by atoms with E-state index in [2.05, 4.69) is 5.10 Å². The van der Waals surface area contributed by atoms with Gasteiger partial charge in [-0.15, -0.1) is 0 Å². The van der Waals surface area contributed by atoms with Crippen molar-refractivity contribution in [2.24, 2.45) is 0 Å². The van der Waals surface area contributed by atoms with Crippen molar-refractivity contribution in [3.8, 4) is 0 Å². The van der Waals surface area contributed by atoms with Crippen molar-refractivity contribution >= 4 is 0 Å². The molecule has 0 radical (unpaired) electrons. The van der Waals surface area contributed by atoms with Crippen LogP contribution in [0.1, 0.15) is 43.8 Å². The highest BCUT2D eigenvalue weighted by Gasteiger charge is 2.18. The van der Waals surface area contributed by atoms with Gasteiger partial charge < -0.3 is 9.84 Å². The van der Waals surface area contributed by atoms with Crippen LogP contribution in [0.5, 0.6) is 0 Å². The summed E-state index contributed by atoms with van der Waals surface area (Å²) < 4.78 is 30.5. The Morgan fingerprint density at radius 2 is 2.15 bits per heavy atom. The van der Waals surface area contributed by atoms with Crippen LogP contribution in [0.2, 0.25) is 0 Å². The molecule has 1 N–H and O–H groups in total. The van der Waals surface area contributed by atoms with Gasteiger partial charge in [0.2, 0.25) is 0 Å². The minimum Gasteiger partial charge on any atom is -0.393 e. The van der Waals surface area contributed by atoms with E-state index in [-0.39, 0.29) is 6.61 Å². The first kappa shape index (κ1) is 15.4. The Bertz CT molecular complexity index is 392. The first-order valence-corrected chi connectivity index (χ1v) is 7.23. The molecular formula is C14H22F2N2O2. The molecule has 20 heavy (non-hydrogen) atoms. The summed E-state index contributed by atoms with van der Waals surface area (Å²) in [5.41, 5.74) is 0.846. The number of rotatable bonds is 8. The van der Waals surface area contributed by atoms with E-state index in [1.807, 2.05) is 16.9 Å². The number of nitrogens with zero attached hydrogens (tertiary/aromatic N) is 2. The molecule has 114 valence electrons. The summed E-state index contributed by atoms with van der Waals surface area (Å²) in [5, 5.41) is 14.3. The van der Waals surface area contributed by atoms with Gasteiger partial charge in [0.25, 0.3) is 6.43 Å². The lowest BCUT2D eigenvalue weighted by Crippen LogP contribution is -2.16. The fourth-order valence-corrected chi connectivity index (χ4v) is 2.59. The summed E-state index contributed by atoms with van der Waals surface area (Å²) in [6.07, 6.45) is 4.56. The van der Waals surface area contributed by atoms with Crippen LogP contribution in [0.4, 0.5) is 8.78 Å². The van der Waals surface area contributed by atoms with Crippen molar-refractivity contribution in [1.29, 1.82) is 0 Å². The van der Waals surface area contributed by atoms with Gasteiger partial charge in [0.05, 0.1) is 17.8 Å². The Labute approximate surface area is 117 Å². The summed E-state index contributed by atoms with van der Waals surface area (Å²) in [6.45, 7) is -0.419. The van der Waals surface area contributed by atoms with Gasteiger partial charge in [0.1, 0.15) is 6.61 Å². The fourth-order valence-electron chi connectivity index (χ4n) is 2.59. The number of alkyl halides is 2. The third-order valence-electron chi connectivity index (χ3n) is 3.65. The number of aliphatic hydroxyl groups is 1. The standard InChI is InChI=1S/C14H22F2N2O2/c15-14(16)10-20-8-6-13(19)9-11-5-7-18(17-11)12-3-1-2-4-12/h5,7,12-14,19H,1-4,6,8-10H2. The molecule has 1 aliphatic carbocycles. The third-order valence-corrected chi connectivity index (χ3v) is 3.65. The van der Waals surface area contributed by atoms with Crippen molar-refractivity contribution in [3.05, 3.63) is 18.0 Å².